The Labute approximate surface area is 513 Å². The van der Waals surface area contributed by atoms with Crippen LogP contribution in [0.25, 0.3) is 20.5 Å². The maximum Gasteiger partial charge on any atom is 0.399 e. The number of hydrogen-bond acceptors (Lipinski definition) is 13. The molecule has 5 heterocycles. The number of aryl methyl sites for hydroxylation is 1. The summed E-state index contributed by atoms with van der Waals surface area (Å²) in [7, 11) is -5.87. The molecule has 0 saturated carbocycles. The summed E-state index contributed by atoms with van der Waals surface area (Å²) in [5.74, 6) is -3.34. The molecule has 8 atom stereocenters. The van der Waals surface area contributed by atoms with Crippen molar-refractivity contribution in [3.8, 4) is 10.4 Å². The molecular weight excluding hydrogens is 1180 g/mol. The minimum Gasteiger partial charge on any atom is -0.391 e. The van der Waals surface area contributed by atoms with Crippen LogP contribution in [0.2, 0.25) is 0 Å². The lowest BCUT2D eigenvalue weighted by Crippen LogP contribution is -2.58. The average molecular weight is 1260 g/mol. The van der Waals surface area contributed by atoms with E-state index in [4.69, 9.17) is 4.74 Å². The van der Waals surface area contributed by atoms with Gasteiger partial charge in [0.25, 0.3) is 5.91 Å². The Morgan fingerprint density at radius 1 is 0.805 bits per heavy atom. The highest BCUT2D eigenvalue weighted by atomic mass is 32.1. The number of nitrogens with one attached hydrogen (secondary N) is 4. The summed E-state index contributed by atoms with van der Waals surface area (Å²) in [6, 6.07) is 17.3. The Balaban J connectivity index is 0.852. The molecule has 0 aliphatic carbocycles. The highest BCUT2D eigenvalue weighted by Crippen LogP contribution is 2.59. The van der Waals surface area contributed by atoms with Gasteiger partial charge in [0.1, 0.15) is 30.8 Å². The maximum absolute atomic E-state index is 14.9. The van der Waals surface area contributed by atoms with Gasteiger partial charge < -0.3 is 55.6 Å². The third kappa shape index (κ3) is 16.0. The first-order valence-corrected chi connectivity index (χ1v) is 32.6. The molecule has 0 radical (unpaired) electrons. The van der Waals surface area contributed by atoms with E-state index in [2.05, 4.69) is 26.3 Å². The van der Waals surface area contributed by atoms with Gasteiger partial charge in [-0.2, -0.15) is 8.78 Å². The van der Waals surface area contributed by atoms with Crippen LogP contribution in [0.15, 0.2) is 84.4 Å². The van der Waals surface area contributed by atoms with E-state index in [9.17, 15) is 61.8 Å². The van der Waals surface area contributed by atoms with Gasteiger partial charge in [-0.1, -0.05) is 102 Å². The maximum atomic E-state index is 14.9. The van der Waals surface area contributed by atoms with Gasteiger partial charge in [-0.3, -0.25) is 38.1 Å². The van der Waals surface area contributed by atoms with Crippen LogP contribution in [0, 0.1) is 17.8 Å². The fraction of sp³-hybridized carbons (Fsp3) is 0.516. The van der Waals surface area contributed by atoms with Gasteiger partial charge in [0, 0.05) is 68.2 Å². The van der Waals surface area contributed by atoms with Gasteiger partial charge in [-0.25, -0.2) is 4.98 Å². The van der Waals surface area contributed by atoms with Crippen LogP contribution >= 0.6 is 30.3 Å². The van der Waals surface area contributed by atoms with E-state index in [-0.39, 0.29) is 61.0 Å². The van der Waals surface area contributed by atoms with E-state index in [0.29, 0.717) is 30.6 Å². The number of halogens is 2. The standard InChI is InChI=1S/C62H79F2N8O12PS2/c1-36(38-19-21-40(22-20-38)52-37(2)66-35-86-52)67-55(76)46-29-44(73)32-71(46)58(79)53(60(3,4)5)68-50(74)18-12-13-25-65-51(75)34-84-45-30-47(57(78)70-26-14-17-41(31-70)39-15-10-9-11-16-39)72(33-45)59(80)54(61(6,7)8)69-56(77)49-28-42-27-43(23-24-48(42)87-49)62(63,64)85(81,82)83/h9-11,15-16,19-24,27-28,35-36,41,44-47,53-54,73H,12-14,17-18,25-26,29-34H2,1-8H3,(H,65,75)(H,67,76)(H,68,74)(H,69,77)(H2,81,82,83)/t36-,41-,44+,45-,46-,47-,53+,54+/m0/s1. The number of likely N-dealkylation sites (tertiary alicyclic amines) is 3. The van der Waals surface area contributed by atoms with Crippen LogP contribution in [0.1, 0.15) is 137 Å². The van der Waals surface area contributed by atoms with Crippen LogP contribution in [0.3, 0.4) is 0 Å². The lowest BCUT2D eigenvalue weighted by molar-refractivity contribution is -0.147. The van der Waals surface area contributed by atoms with Crippen LogP contribution < -0.4 is 21.3 Å². The summed E-state index contributed by atoms with van der Waals surface area (Å²) in [5.41, 5.74) is -1.44. The lowest BCUT2D eigenvalue weighted by atomic mass is 9.85. The molecule has 3 aliphatic heterocycles. The molecule has 0 spiro atoms. The number of carbonyl (C=O) groups is 7. The number of carbonyl (C=O) groups excluding carboxylic acids is 7. The average Bonchev–Trinajstić information content (AvgIpc) is 1.94. The second-order valence-electron chi connectivity index (χ2n) is 25.1. The number of aromatic nitrogens is 1. The molecule has 8 rings (SSSR count). The molecule has 20 nitrogen and oxygen atoms in total. The van der Waals surface area contributed by atoms with Crippen LogP contribution in [0.5, 0.6) is 0 Å². The van der Waals surface area contributed by atoms with Crippen LogP contribution in [-0.4, -0.2) is 152 Å². The van der Waals surface area contributed by atoms with Crippen molar-refractivity contribution >= 4 is 81.7 Å². The molecule has 0 unspecified atom stereocenters. The minimum absolute atomic E-state index is 0.0202. The first kappa shape index (κ1) is 66.4. The van der Waals surface area contributed by atoms with Crippen molar-refractivity contribution in [1.82, 2.24) is 41.0 Å². The third-order valence-electron chi connectivity index (χ3n) is 16.3. The van der Waals surface area contributed by atoms with E-state index < -0.39 is 114 Å². The molecule has 470 valence electrons. The summed E-state index contributed by atoms with van der Waals surface area (Å²) >= 11 is 2.48. The van der Waals surface area contributed by atoms with Crippen LogP contribution in [-0.2, 0) is 43.7 Å². The molecule has 7 N–H and O–H groups in total. The summed E-state index contributed by atoms with van der Waals surface area (Å²) in [5, 5.41) is 22.4. The number of aliphatic hydroxyl groups excluding tert-OH is 1. The zero-order valence-corrected chi connectivity index (χ0v) is 52.7. The second-order valence-corrected chi connectivity index (χ2v) is 28.7. The number of aliphatic hydroxyl groups is 1. The number of rotatable bonds is 21. The molecule has 3 aliphatic rings. The monoisotopic (exact) mass is 1260 g/mol. The number of hydrogen-bond donors (Lipinski definition) is 7. The largest absolute Gasteiger partial charge is 0.399 e. The summed E-state index contributed by atoms with van der Waals surface area (Å²) in [4.78, 5) is 127. The van der Waals surface area contributed by atoms with Crippen molar-refractivity contribution in [1.29, 1.82) is 0 Å². The van der Waals surface area contributed by atoms with E-state index >= 15 is 0 Å². The molecular formula is C62H79F2N8O12PS2. The number of fused-ring (bicyclic) bond motifs is 1. The quantitative estimate of drug-likeness (QED) is 0.0274. The van der Waals surface area contributed by atoms with E-state index in [1.807, 2.05) is 68.4 Å². The normalized spacial score (nSPS) is 20.4. The predicted molar refractivity (Wildman–Crippen MR) is 327 cm³/mol. The van der Waals surface area contributed by atoms with E-state index in [1.54, 1.807) is 63.3 Å². The molecule has 0 bridgehead atoms. The number of alkyl halides is 2. The number of thiophene rings is 1. The second kappa shape index (κ2) is 27.5. The van der Waals surface area contributed by atoms with Crippen molar-refractivity contribution in [3.05, 3.63) is 112 Å². The van der Waals surface area contributed by atoms with Gasteiger partial charge in [-0.15, -0.1) is 22.7 Å². The molecule has 2 aromatic heterocycles. The van der Waals surface area contributed by atoms with Gasteiger partial charge in [0.15, 0.2) is 0 Å². The molecule has 3 aromatic carbocycles. The van der Waals surface area contributed by atoms with Crippen molar-refractivity contribution in [2.45, 2.75) is 154 Å². The molecule has 87 heavy (non-hydrogen) atoms. The molecule has 3 fully saturated rings. The summed E-state index contributed by atoms with van der Waals surface area (Å²) in [6.45, 7) is 14.9. The highest BCUT2D eigenvalue weighted by molar-refractivity contribution is 7.52. The molecule has 3 saturated heterocycles. The zero-order chi connectivity index (χ0) is 63.3. The van der Waals surface area contributed by atoms with E-state index in [1.165, 1.54) is 21.9 Å². The number of β-amino-alcohol motifs (C(OH)–C–C–N with tert-alkyl or cyclic N) is 1. The van der Waals surface area contributed by atoms with Gasteiger partial charge in [0.05, 0.1) is 39.2 Å². The number of unbranched alkanes of at least 4 members (excludes halogenated alkanes) is 1. The van der Waals surface area contributed by atoms with Crippen molar-refractivity contribution in [3.63, 3.8) is 0 Å². The number of thiazole rings is 1. The van der Waals surface area contributed by atoms with Crippen molar-refractivity contribution in [2.75, 3.05) is 39.3 Å². The summed E-state index contributed by atoms with van der Waals surface area (Å²) < 4.78 is 47.4. The predicted octanol–water partition coefficient (Wildman–Crippen LogP) is 7.75. The minimum atomic E-state index is -5.87. The smallest absolute Gasteiger partial charge is 0.391 e. The summed E-state index contributed by atoms with van der Waals surface area (Å²) in [6.07, 6.45) is 0.700. The SMILES string of the molecule is Cc1ncsc1-c1ccc([C@H](C)NC(=O)[C@@H]2C[C@@H](O)CN2C(=O)[C@@H](NC(=O)CCCCNC(=O)CO[C@H]2C[C@@H](C(=O)N3CCC[C@H](c4ccccc4)C3)N(C(=O)[C@@H](NC(=O)c3cc4cc(C(F)(F)P(=O)(O)O)ccc4s3)C(C)(C)C)C2)C(C)(C)C)cc1. The Morgan fingerprint density at radius 3 is 2.11 bits per heavy atom. The fourth-order valence-corrected chi connectivity index (χ4v) is 13.7. The van der Waals surface area contributed by atoms with Gasteiger partial charge in [0.2, 0.25) is 35.4 Å². The Bertz CT molecular complexity index is 3370. The number of benzene rings is 3. The lowest BCUT2D eigenvalue weighted by Gasteiger charge is -2.38. The van der Waals surface area contributed by atoms with Gasteiger partial charge >= 0.3 is 13.3 Å². The zero-order valence-electron chi connectivity index (χ0n) is 50.2. The molecule has 25 heteroatoms. The van der Waals surface area contributed by atoms with Crippen molar-refractivity contribution < 1.29 is 66.5 Å². The molecule has 7 amide bonds. The highest BCUT2D eigenvalue weighted by Gasteiger charge is 2.51. The number of piperidine rings is 1. The number of ether oxygens (including phenoxy) is 1. The third-order valence-corrected chi connectivity index (χ3v) is 19.4. The fourth-order valence-electron chi connectivity index (χ4n) is 11.4. The Morgan fingerprint density at radius 2 is 1.47 bits per heavy atom. The number of nitrogens with zero attached hydrogens (tertiary/aromatic N) is 4. The number of amides is 7. The Hall–Kier alpha value is -6.53. The first-order chi connectivity index (χ1) is 40.9. The topological polar surface area (TPSA) is 277 Å². The van der Waals surface area contributed by atoms with E-state index in [0.717, 1.165) is 63.6 Å². The Kier molecular flexibility index (Phi) is 21.0. The van der Waals surface area contributed by atoms with Crippen LogP contribution in [0.4, 0.5) is 8.78 Å². The van der Waals surface area contributed by atoms with Gasteiger partial charge in [-0.05, 0) is 90.6 Å². The molecule has 5 aromatic rings. The first-order valence-electron chi connectivity index (χ1n) is 29.3. The van der Waals surface area contributed by atoms with Crippen molar-refractivity contribution in [2.24, 2.45) is 10.8 Å².